The number of hydrogen-bond acceptors (Lipinski definition) is 4. The van der Waals surface area contributed by atoms with Crippen molar-refractivity contribution in [3.63, 3.8) is 0 Å². The van der Waals surface area contributed by atoms with Crippen LogP contribution >= 0.6 is 0 Å². The Hall–Kier alpha value is -2.73. The van der Waals surface area contributed by atoms with Crippen molar-refractivity contribution < 1.29 is 4.79 Å². The van der Waals surface area contributed by atoms with Crippen LogP contribution in [0.25, 0.3) is 11.0 Å². The first kappa shape index (κ1) is 18.1. The van der Waals surface area contributed by atoms with Gasteiger partial charge in [-0.25, -0.2) is 4.98 Å². The van der Waals surface area contributed by atoms with Crippen molar-refractivity contribution in [2.45, 2.75) is 32.9 Å². The van der Waals surface area contributed by atoms with Crippen molar-refractivity contribution in [3.8, 4) is 0 Å². The first-order valence-electron chi connectivity index (χ1n) is 8.88. The second-order valence-electron chi connectivity index (χ2n) is 6.70. The molecule has 0 aliphatic rings. The fourth-order valence-electron chi connectivity index (χ4n) is 3.02. The first-order valence-corrected chi connectivity index (χ1v) is 8.88. The number of carbonyl (C=O) groups is 1. The molecule has 26 heavy (non-hydrogen) atoms. The minimum absolute atomic E-state index is 0.0140. The number of rotatable bonds is 7. The van der Waals surface area contributed by atoms with Crippen molar-refractivity contribution in [1.82, 2.24) is 25.2 Å². The van der Waals surface area contributed by atoms with Crippen LogP contribution in [0.15, 0.2) is 42.7 Å². The predicted molar refractivity (Wildman–Crippen MR) is 103 cm³/mol. The fraction of sp³-hybridized carbons (Fsp3) is 0.350. The number of imidazole rings is 1. The van der Waals surface area contributed by atoms with Gasteiger partial charge in [0.2, 0.25) is 5.91 Å². The van der Waals surface area contributed by atoms with E-state index in [-0.39, 0.29) is 11.9 Å². The third-order valence-corrected chi connectivity index (χ3v) is 4.32. The van der Waals surface area contributed by atoms with Crippen molar-refractivity contribution >= 4 is 16.9 Å². The molecule has 0 saturated heterocycles. The molecule has 2 N–H and O–H groups in total. The Kier molecular flexibility index (Phi) is 5.63. The summed E-state index contributed by atoms with van der Waals surface area (Å²) in [6, 6.07) is 9.90. The molecule has 0 aliphatic carbocycles. The molecule has 2 heterocycles. The number of fused-ring (bicyclic) bond motifs is 1. The SMILES string of the molecule is CC[C@H](NC(=O)CN(C)Cc1cccnc1)c1nc2ccc(C)cc2[nH]1. The number of pyridine rings is 1. The molecule has 136 valence electrons. The quantitative estimate of drug-likeness (QED) is 0.686. The zero-order valence-electron chi connectivity index (χ0n) is 15.5. The summed E-state index contributed by atoms with van der Waals surface area (Å²) in [5, 5.41) is 3.09. The average molecular weight is 351 g/mol. The number of nitrogens with one attached hydrogen (secondary N) is 2. The van der Waals surface area contributed by atoms with Crippen molar-refractivity contribution in [1.29, 1.82) is 0 Å². The molecule has 1 atom stereocenters. The van der Waals surface area contributed by atoms with Crippen LogP contribution < -0.4 is 5.32 Å². The van der Waals surface area contributed by atoms with E-state index in [1.165, 1.54) is 5.56 Å². The van der Waals surface area contributed by atoms with Gasteiger partial charge in [-0.05, 0) is 49.7 Å². The molecule has 0 spiro atoms. The number of H-pyrrole nitrogens is 1. The van der Waals surface area contributed by atoms with E-state index < -0.39 is 0 Å². The normalized spacial score (nSPS) is 12.5. The number of aryl methyl sites for hydroxylation is 1. The predicted octanol–water partition coefficient (Wildman–Crippen LogP) is 2.97. The van der Waals surface area contributed by atoms with E-state index in [2.05, 4.69) is 33.3 Å². The van der Waals surface area contributed by atoms with Gasteiger partial charge in [0.15, 0.2) is 0 Å². The summed E-state index contributed by atoms with van der Waals surface area (Å²) in [5.74, 6) is 0.788. The fourth-order valence-corrected chi connectivity index (χ4v) is 3.02. The molecular formula is C20H25N5O. The highest BCUT2D eigenvalue weighted by Crippen LogP contribution is 2.19. The van der Waals surface area contributed by atoms with Gasteiger partial charge in [-0.15, -0.1) is 0 Å². The second kappa shape index (κ2) is 8.10. The average Bonchev–Trinajstić information content (AvgIpc) is 3.03. The molecule has 0 aliphatic heterocycles. The molecule has 0 fully saturated rings. The molecule has 0 saturated carbocycles. The first-order chi connectivity index (χ1) is 12.5. The number of benzene rings is 1. The summed E-state index contributed by atoms with van der Waals surface area (Å²) in [6.07, 6.45) is 4.34. The summed E-state index contributed by atoms with van der Waals surface area (Å²) in [5.41, 5.74) is 4.19. The Morgan fingerprint density at radius 2 is 2.19 bits per heavy atom. The molecule has 0 unspecified atom stereocenters. The summed E-state index contributed by atoms with van der Waals surface area (Å²) in [4.78, 5) is 26.5. The number of aromatic amines is 1. The summed E-state index contributed by atoms with van der Waals surface area (Å²) >= 11 is 0. The summed E-state index contributed by atoms with van der Waals surface area (Å²) in [7, 11) is 1.93. The summed E-state index contributed by atoms with van der Waals surface area (Å²) < 4.78 is 0. The number of amides is 1. The lowest BCUT2D eigenvalue weighted by molar-refractivity contribution is -0.122. The highest BCUT2D eigenvalue weighted by molar-refractivity contribution is 5.79. The van der Waals surface area contributed by atoms with Gasteiger partial charge in [0.25, 0.3) is 0 Å². The topological polar surface area (TPSA) is 73.9 Å². The Labute approximate surface area is 153 Å². The number of aromatic nitrogens is 3. The largest absolute Gasteiger partial charge is 0.345 e. The highest BCUT2D eigenvalue weighted by Gasteiger charge is 2.17. The van der Waals surface area contributed by atoms with E-state index in [1.807, 2.05) is 49.3 Å². The van der Waals surface area contributed by atoms with Crippen molar-refractivity contribution in [2.75, 3.05) is 13.6 Å². The smallest absolute Gasteiger partial charge is 0.234 e. The maximum atomic E-state index is 12.4. The van der Waals surface area contributed by atoms with Crippen LogP contribution in [-0.2, 0) is 11.3 Å². The minimum Gasteiger partial charge on any atom is -0.345 e. The third-order valence-electron chi connectivity index (χ3n) is 4.32. The standard InChI is InChI=1S/C20H25N5O/c1-4-16(20-23-17-8-7-14(2)10-18(17)24-20)22-19(26)13-25(3)12-15-6-5-9-21-11-15/h5-11,16H,4,12-13H2,1-3H3,(H,22,26)(H,23,24)/t16-/m0/s1. The number of nitrogens with zero attached hydrogens (tertiary/aromatic N) is 3. The molecule has 3 rings (SSSR count). The van der Waals surface area contributed by atoms with Gasteiger partial charge >= 0.3 is 0 Å². The van der Waals surface area contributed by atoms with Crippen molar-refractivity contribution in [3.05, 3.63) is 59.7 Å². The monoisotopic (exact) mass is 351 g/mol. The van der Waals surface area contributed by atoms with E-state index in [1.54, 1.807) is 6.20 Å². The zero-order chi connectivity index (χ0) is 18.5. The number of likely N-dealkylation sites (N-methyl/N-ethyl adjacent to an activating group) is 1. The molecule has 0 bridgehead atoms. The molecule has 2 aromatic heterocycles. The minimum atomic E-state index is -0.123. The van der Waals surface area contributed by atoms with Gasteiger partial charge in [0, 0.05) is 18.9 Å². The molecule has 1 aromatic carbocycles. The van der Waals surface area contributed by atoms with E-state index in [9.17, 15) is 4.79 Å². The molecule has 3 aromatic rings. The van der Waals surface area contributed by atoms with Gasteiger partial charge in [-0.3, -0.25) is 14.7 Å². The highest BCUT2D eigenvalue weighted by atomic mass is 16.2. The maximum absolute atomic E-state index is 12.4. The van der Waals surface area contributed by atoms with Crippen LogP contribution in [0, 0.1) is 6.92 Å². The van der Waals surface area contributed by atoms with Crippen LogP contribution in [0.4, 0.5) is 0 Å². The second-order valence-corrected chi connectivity index (χ2v) is 6.70. The van der Waals surface area contributed by atoms with Crippen molar-refractivity contribution in [2.24, 2.45) is 0 Å². The lowest BCUT2D eigenvalue weighted by atomic mass is 10.2. The van der Waals surface area contributed by atoms with Gasteiger partial charge in [0.1, 0.15) is 5.82 Å². The number of hydrogen-bond donors (Lipinski definition) is 2. The van der Waals surface area contributed by atoms with E-state index in [0.717, 1.165) is 28.8 Å². The van der Waals surface area contributed by atoms with Crippen LogP contribution in [0.3, 0.4) is 0 Å². The number of carbonyl (C=O) groups excluding carboxylic acids is 1. The van der Waals surface area contributed by atoms with Crippen LogP contribution in [-0.4, -0.2) is 39.4 Å². The van der Waals surface area contributed by atoms with E-state index in [4.69, 9.17) is 0 Å². The van der Waals surface area contributed by atoms with E-state index >= 15 is 0 Å². The van der Waals surface area contributed by atoms with Gasteiger partial charge in [0.05, 0.1) is 23.6 Å². The maximum Gasteiger partial charge on any atom is 0.234 e. The van der Waals surface area contributed by atoms with Gasteiger partial charge < -0.3 is 10.3 Å². The molecule has 6 heteroatoms. The lowest BCUT2D eigenvalue weighted by Gasteiger charge is -2.19. The Balaban J connectivity index is 1.62. The molecule has 0 radical (unpaired) electrons. The zero-order valence-corrected chi connectivity index (χ0v) is 15.5. The summed E-state index contributed by atoms with van der Waals surface area (Å²) in [6.45, 7) is 5.10. The van der Waals surface area contributed by atoms with E-state index in [0.29, 0.717) is 13.1 Å². The van der Waals surface area contributed by atoms with Crippen LogP contribution in [0.5, 0.6) is 0 Å². The van der Waals surface area contributed by atoms with Crippen LogP contribution in [0.1, 0.15) is 36.3 Å². The lowest BCUT2D eigenvalue weighted by Crippen LogP contribution is -2.37. The molecule has 6 nitrogen and oxygen atoms in total. The van der Waals surface area contributed by atoms with Gasteiger partial charge in [-0.2, -0.15) is 0 Å². The Morgan fingerprint density at radius 1 is 1.35 bits per heavy atom. The van der Waals surface area contributed by atoms with Gasteiger partial charge in [-0.1, -0.05) is 19.1 Å². The molecule has 1 amide bonds. The van der Waals surface area contributed by atoms with Crippen LogP contribution in [0.2, 0.25) is 0 Å². The molecular weight excluding hydrogens is 326 g/mol. The Bertz CT molecular complexity index is 874. The third kappa shape index (κ3) is 4.46. The Morgan fingerprint density at radius 3 is 2.92 bits per heavy atom.